The fourth-order valence-corrected chi connectivity index (χ4v) is 2.86. The number of anilines is 2. The molecule has 1 aromatic carbocycles. The molecule has 0 unspecified atom stereocenters. The Hall–Kier alpha value is -2.06. The maximum Gasteiger partial charge on any atom is 0.222 e. The highest BCUT2D eigenvalue weighted by atomic mass is 35.5. The molecule has 2 N–H and O–H groups in total. The van der Waals surface area contributed by atoms with Crippen LogP contribution in [-0.4, -0.2) is 22.0 Å². The van der Waals surface area contributed by atoms with E-state index in [4.69, 9.17) is 17.3 Å². The van der Waals surface area contributed by atoms with E-state index in [1.165, 1.54) is 25.2 Å². The maximum atomic E-state index is 14.1. The topological polar surface area (TPSA) is 67.9 Å². The number of benzene rings is 1. The Kier molecular flexibility index (Phi) is 3.34. The third kappa shape index (κ3) is 2.47. The molecule has 0 fully saturated rings. The summed E-state index contributed by atoms with van der Waals surface area (Å²) in [6, 6.07) is 4.19. The van der Waals surface area contributed by atoms with Crippen molar-refractivity contribution in [3.05, 3.63) is 29.0 Å². The first-order chi connectivity index (χ1) is 9.95. The molecule has 108 valence electrons. The molecule has 0 aliphatic carbocycles. The number of hydrogen-bond acceptors (Lipinski definition) is 6. The molecule has 0 amide bonds. The van der Waals surface area contributed by atoms with Gasteiger partial charge in [-0.05, 0) is 18.2 Å². The zero-order chi connectivity index (χ0) is 15.1. The lowest BCUT2D eigenvalue weighted by Crippen LogP contribution is -2.01. The van der Waals surface area contributed by atoms with Gasteiger partial charge in [-0.2, -0.15) is 15.1 Å². The van der Waals surface area contributed by atoms with Gasteiger partial charge in [0.05, 0.1) is 5.69 Å². The molecular formula is C12H8ClF2N5S. The molecule has 0 aliphatic heterocycles. The largest absolute Gasteiger partial charge is 0.368 e. The number of fused-ring (bicyclic) bond motifs is 1. The summed E-state index contributed by atoms with van der Waals surface area (Å²) in [6.45, 7) is 0. The predicted octanol–water partition coefficient (Wildman–Crippen LogP) is 3.45. The smallest absolute Gasteiger partial charge is 0.222 e. The fraction of sp³-hybridized carbons (Fsp3) is 0.0833. The van der Waals surface area contributed by atoms with Crippen LogP contribution < -0.4 is 10.9 Å². The van der Waals surface area contributed by atoms with Gasteiger partial charge in [0.2, 0.25) is 11.1 Å². The lowest BCUT2D eigenvalue weighted by Gasteiger charge is -2.04. The Labute approximate surface area is 127 Å². The number of rotatable bonds is 2. The average Bonchev–Trinajstić information content (AvgIpc) is 2.82. The number of nitrogen functional groups attached to an aromatic ring is 1. The van der Waals surface area contributed by atoms with Gasteiger partial charge in [-0.25, -0.2) is 9.37 Å². The van der Waals surface area contributed by atoms with Gasteiger partial charge >= 0.3 is 0 Å². The van der Waals surface area contributed by atoms with Crippen LogP contribution in [0.4, 0.5) is 20.0 Å². The zero-order valence-electron chi connectivity index (χ0n) is 10.6. The van der Waals surface area contributed by atoms with Gasteiger partial charge in [-0.15, -0.1) is 0 Å². The minimum atomic E-state index is -0.551. The van der Waals surface area contributed by atoms with E-state index in [1.807, 2.05) is 0 Å². The number of aromatic nitrogens is 3. The molecule has 5 nitrogen and oxygen atoms in total. The van der Waals surface area contributed by atoms with Crippen molar-refractivity contribution >= 4 is 44.4 Å². The second-order valence-corrected chi connectivity index (χ2v) is 5.59. The van der Waals surface area contributed by atoms with E-state index in [-0.39, 0.29) is 33.0 Å². The molecule has 0 saturated carbocycles. The molecule has 3 aromatic rings. The number of thiazole rings is 1. The SMILES string of the molecule is CN(F)c1nc2nc(N)nc(-c3ccc(Cl)cc3F)c2s1. The Morgan fingerprint density at radius 3 is 2.71 bits per heavy atom. The zero-order valence-corrected chi connectivity index (χ0v) is 12.2. The van der Waals surface area contributed by atoms with Gasteiger partial charge < -0.3 is 5.73 Å². The Bertz CT molecular complexity index is 836. The van der Waals surface area contributed by atoms with Crippen molar-refractivity contribution in [2.24, 2.45) is 0 Å². The second-order valence-electron chi connectivity index (χ2n) is 4.18. The Morgan fingerprint density at radius 2 is 2.05 bits per heavy atom. The molecule has 9 heteroatoms. The molecule has 0 spiro atoms. The quantitative estimate of drug-likeness (QED) is 0.730. The highest BCUT2D eigenvalue weighted by Crippen LogP contribution is 2.36. The fourth-order valence-electron chi connectivity index (χ4n) is 1.83. The van der Waals surface area contributed by atoms with Crippen molar-refractivity contribution < 1.29 is 8.87 Å². The predicted molar refractivity (Wildman–Crippen MR) is 79.5 cm³/mol. The summed E-state index contributed by atoms with van der Waals surface area (Å²) in [6.07, 6.45) is 0. The van der Waals surface area contributed by atoms with E-state index in [0.29, 0.717) is 9.82 Å². The van der Waals surface area contributed by atoms with E-state index in [1.54, 1.807) is 0 Å². The van der Waals surface area contributed by atoms with Crippen LogP contribution in [0.1, 0.15) is 0 Å². The highest BCUT2D eigenvalue weighted by molar-refractivity contribution is 7.22. The molecule has 0 atom stereocenters. The molecule has 0 radical (unpaired) electrons. The molecule has 21 heavy (non-hydrogen) atoms. The van der Waals surface area contributed by atoms with Crippen LogP contribution in [0.25, 0.3) is 21.6 Å². The van der Waals surface area contributed by atoms with Gasteiger partial charge in [0.15, 0.2) is 5.65 Å². The van der Waals surface area contributed by atoms with Crippen LogP contribution in [0.3, 0.4) is 0 Å². The second kappa shape index (κ2) is 5.05. The molecular weight excluding hydrogens is 320 g/mol. The third-order valence-corrected chi connectivity index (χ3v) is 4.05. The summed E-state index contributed by atoms with van der Waals surface area (Å²) < 4.78 is 27.8. The molecule has 0 aliphatic rings. The van der Waals surface area contributed by atoms with Crippen LogP contribution in [-0.2, 0) is 0 Å². The van der Waals surface area contributed by atoms with Crippen LogP contribution in [0.2, 0.25) is 5.02 Å². The van der Waals surface area contributed by atoms with Gasteiger partial charge in [0, 0.05) is 17.6 Å². The molecule has 0 saturated heterocycles. The average molecular weight is 328 g/mol. The van der Waals surface area contributed by atoms with Gasteiger partial charge in [-0.3, -0.25) is 0 Å². The summed E-state index contributed by atoms with van der Waals surface area (Å²) in [4.78, 5) is 12.0. The molecule has 3 rings (SSSR count). The first-order valence-electron chi connectivity index (χ1n) is 5.74. The monoisotopic (exact) mass is 327 g/mol. The van der Waals surface area contributed by atoms with Crippen LogP contribution in [0.5, 0.6) is 0 Å². The number of halogens is 3. The molecule has 0 bridgehead atoms. The third-order valence-electron chi connectivity index (χ3n) is 2.71. The summed E-state index contributed by atoms with van der Waals surface area (Å²) in [5, 5.41) is 0.702. The summed E-state index contributed by atoms with van der Waals surface area (Å²) in [5.74, 6) is -0.615. The Balaban J connectivity index is 2.30. The molecule has 2 heterocycles. The van der Waals surface area contributed by atoms with Crippen molar-refractivity contribution in [2.45, 2.75) is 0 Å². The minimum Gasteiger partial charge on any atom is -0.368 e. The minimum absolute atomic E-state index is 0.0646. The van der Waals surface area contributed by atoms with Crippen LogP contribution in [0, 0.1) is 5.82 Å². The van der Waals surface area contributed by atoms with E-state index < -0.39 is 5.82 Å². The van der Waals surface area contributed by atoms with Crippen LogP contribution >= 0.6 is 22.9 Å². The summed E-state index contributed by atoms with van der Waals surface area (Å²) in [7, 11) is 1.21. The number of nitrogens with zero attached hydrogens (tertiary/aromatic N) is 4. The van der Waals surface area contributed by atoms with Gasteiger partial charge in [0.1, 0.15) is 10.5 Å². The van der Waals surface area contributed by atoms with Crippen LogP contribution in [0.15, 0.2) is 18.2 Å². The van der Waals surface area contributed by atoms with E-state index in [2.05, 4.69) is 15.0 Å². The standard InChI is InChI=1S/C12H8ClF2N5S/c1-20(15)12-19-10-9(21-12)8(17-11(16)18-10)6-3-2-5(13)4-7(6)14/h2-4H,1H3,(H2,16,17,18). The summed E-state index contributed by atoms with van der Waals surface area (Å²) in [5.41, 5.74) is 6.30. The van der Waals surface area contributed by atoms with Gasteiger partial charge in [-0.1, -0.05) is 27.4 Å². The van der Waals surface area contributed by atoms with Crippen molar-refractivity contribution in [3.63, 3.8) is 0 Å². The lowest BCUT2D eigenvalue weighted by molar-refractivity contribution is 0.475. The maximum absolute atomic E-state index is 14.1. The van der Waals surface area contributed by atoms with Gasteiger partial charge in [0.25, 0.3) is 0 Å². The first kappa shape index (κ1) is 13.9. The van der Waals surface area contributed by atoms with Crippen molar-refractivity contribution in [2.75, 3.05) is 17.9 Å². The summed E-state index contributed by atoms with van der Waals surface area (Å²) >= 11 is 6.74. The first-order valence-corrected chi connectivity index (χ1v) is 6.94. The van der Waals surface area contributed by atoms with Crippen molar-refractivity contribution in [3.8, 4) is 11.3 Å². The normalized spacial score (nSPS) is 11.0. The van der Waals surface area contributed by atoms with Crippen molar-refractivity contribution in [1.82, 2.24) is 15.0 Å². The van der Waals surface area contributed by atoms with Crippen molar-refractivity contribution in [1.29, 1.82) is 0 Å². The van der Waals surface area contributed by atoms with E-state index in [9.17, 15) is 8.87 Å². The lowest BCUT2D eigenvalue weighted by atomic mass is 10.1. The number of hydrogen-bond donors (Lipinski definition) is 1. The van der Waals surface area contributed by atoms with E-state index >= 15 is 0 Å². The number of nitrogens with two attached hydrogens (primary N) is 1. The highest BCUT2D eigenvalue weighted by Gasteiger charge is 2.18. The Morgan fingerprint density at radius 1 is 1.29 bits per heavy atom. The van der Waals surface area contributed by atoms with E-state index in [0.717, 1.165) is 11.3 Å². The molecule has 2 aromatic heterocycles.